The van der Waals surface area contributed by atoms with Crippen molar-refractivity contribution in [3.63, 3.8) is 0 Å². The first-order valence-electron chi connectivity index (χ1n) is 27.6. The first-order chi connectivity index (χ1) is 36.5. The van der Waals surface area contributed by atoms with Crippen LogP contribution in [-0.4, -0.2) is 0 Å². The van der Waals surface area contributed by atoms with Gasteiger partial charge in [0.25, 0.3) is 0 Å². The SMILES string of the molecule is Cc1cc(C(c2cc(C(c3cc(C)c(N=O)c(C)c3C)c3cc(C)c(C4CC4)c(C)c3C)cc(C(c3cc(C)c(N=O)c(C)c3C)c3cc(C)c(C4CC4)c(C)c3C)c2)c2cc(C)c(N=O)c(C)c2C)c(C)c(C)c1N=O. The third-order valence-electron chi connectivity index (χ3n) is 19.0. The molecule has 8 nitrogen and oxygen atoms in total. The highest BCUT2D eigenvalue weighted by atomic mass is 16.3. The largest absolute Gasteiger partial charge is 0.145 e. The summed E-state index contributed by atoms with van der Waals surface area (Å²) in [4.78, 5) is 50.4. The van der Waals surface area contributed by atoms with Crippen LogP contribution in [0.3, 0.4) is 0 Å². The average molecular weight is 1030 g/mol. The minimum absolute atomic E-state index is 0.302. The van der Waals surface area contributed by atoms with Crippen molar-refractivity contribution in [2.24, 2.45) is 20.7 Å². The summed E-state index contributed by atoms with van der Waals surface area (Å²) in [6, 6.07) is 20.9. The molecule has 2 fully saturated rings. The normalized spacial score (nSPS) is 14.3. The standard InChI is InChI=1S/C69H76N4O4/c1-32-23-55(38(7)44(13)61(32)50-19-20-50)63(57-25-34(3)66(70-74)46(15)40(57)9)52-29-53(64(58-26-35(4)67(71-75)47(16)41(58)10)56-24-33(2)62(51-21-22-51)45(14)39(56)8)31-54(30-52)65(59-27-36(5)68(72-76)48(17)42(59)11)60-28-37(6)69(73-77)49(18)43(60)12/h23-31,50-51,63-65H,19-22H2,1-18H3. The van der Waals surface area contributed by atoms with Crippen LogP contribution in [0.25, 0.3) is 0 Å². The Labute approximate surface area is 456 Å². The van der Waals surface area contributed by atoms with E-state index in [9.17, 15) is 19.6 Å². The number of nitrogens with zero attached hydrogens (tertiary/aromatic N) is 4. The van der Waals surface area contributed by atoms with Crippen LogP contribution in [0.1, 0.15) is 217 Å². The lowest BCUT2D eigenvalue weighted by Crippen LogP contribution is -2.16. The molecule has 0 radical (unpaired) electrons. The lowest BCUT2D eigenvalue weighted by Gasteiger charge is -2.32. The molecule has 0 aliphatic heterocycles. The fourth-order valence-electron chi connectivity index (χ4n) is 13.8. The van der Waals surface area contributed by atoms with E-state index in [-0.39, 0.29) is 11.8 Å². The van der Waals surface area contributed by atoms with Crippen molar-refractivity contribution < 1.29 is 0 Å². The van der Waals surface area contributed by atoms with Crippen molar-refractivity contribution in [2.45, 2.75) is 180 Å². The van der Waals surface area contributed by atoms with Crippen LogP contribution < -0.4 is 0 Å². The fourth-order valence-corrected chi connectivity index (χ4v) is 13.8. The maximum absolute atomic E-state index is 12.6. The average Bonchev–Trinajstić information content (AvgIpc) is 4.35. The van der Waals surface area contributed by atoms with Crippen molar-refractivity contribution in [2.75, 3.05) is 0 Å². The van der Waals surface area contributed by atoms with E-state index in [2.05, 4.69) is 145 Å². The molecule has 0 bridgehead atoms. The summed E-state index contributed by atoms with van der Waals surface area (Å²) in [6.07, 6.45) is 4.79. The quantitative estimate of drug-likeness (QED) is 0.0751. The third-order valence-corrected chi connectivity index (χ3v) is 19.0. The molecule has 396 valence electrons. The molecule has 0 aromatic heterocycles. The maximum atomic E-state index is 12.6. The Balaban J connectivity index is 1.52. The summed E-state index contributed by atoms with van der Waals surface area (Å²) in [6.45, 7) is 38.2. The number of hydrogen-bond donors (Lipinski definition) is 0. The monoisotopic (exact) mass is 1020 g/mol. The number of aryl methyl sites for hydroxylation is 6. The lowest BCUT2D eigenvalue weighted by atomic mass is 9.71. The van der Waals surface area contributed by atoms with Crippen molar-refractivity contribution in [3.05, 3.63) is 236 Å². The maximum Gasteiger partial charge on any atom is 0.114 e. The Kier molecular flexibility index (Phi) is 14.7. The molecule has 2 unspecified atom stereocenters. The molecule has 9 rings (SSSR count). The van der Waals surface area contributed by atoms with Crippen molar-refractivity contribution >= 4 is 22.7 Å². The predicted molar refractivity (Wildman–Crippen MR) is 319 cm³/mol. The second-order valence-electron chi connectivity index (χ2n) is 23.6. The van der Waals surface area contributed by atoms with Gasteiger partial charge in [-0.3, -0.25) is 0 Å². The van der Waals surface area contributed by atoms with Crippen LogP contribution in [0.4, 0.5) is 22.7 Å². The topological polar surface area (TPSA) is 118 Å². The zero-order chi connectivity index (χ0) is 56.0. The van der Waals surface area contributed by atoms with Gasteiger partial charge >= 0.3 is 0 Å². The summed E-state index contributed by atoms with van der Waals surface area (Å²) in [5.41, 5.74) is 33.1. The van der Waals surface area contributed by atoms with Gasteiger partial charge in [0.2, 0.25) is 0 Å². The number of rotatable bonds is 15. The van der Waals surface area contributed by atoms with E-state index >= 15 is 0 Å². The van der Waals surface area contributed by atoms with Gasteiger partial charge in [0.1, 0.15) is 22.7 Å². The van der Waals surface area contributed by atoms with Crippen molar-refractivity contribution in [1.82, 2.24) is 0 Å². The van der Waals surface area contributed by atoms with E-state index in [1.54, 1.807) is 0 Å². The first kappa shape index (κ1) is 54.7. The van der Waals surface area contributed by atoms with E-state index in [1.807, 2.05) is 55.4 Å². The molecule has 2 atom stereocenters. The molecular weight excluding hydrogens is 949 g/mol. The molecule has 7 aromatic rings. The number of nitroso groups, excluding NO2 is 4. The molecule has 0 N–H and O–H groups in total. The summed E-state index contributed by atoms with van der Waals surface area (Å²) in [5.74, 6) is 0.123. The minimum atomic E-state index is -0.396. The molecule has 2 aliphatic carbocycles. The van der Waals surface area contributed by atoms with Gasteiger partial charge in [0.15, 0.2) is 0 Å². The molecule has 7 aromatic carbocycles. The van der Waals surface area contributed by atoms with Crippen LogP contribution in [0, 0.1) is 144 Å². The smallest absolute Gasteiger partial charge is 0.114 e. The molecule has 0 spiro atoms. The second-order valence-corrected chi connectivity index (χ2v) is 23.6. The molecule has 2 aliphatic rings. The van der Waals surface area contributed by atoms with Crippen LogP contribution >= 0.6 is 0 Å². The molecule has 8 heteroatoms. The zero-order valence-corrected chi connectivity index (χ0v) is 48.8. The van der Waals surface area contributed by atoms with E-state index < -0.39 is 5.92 Å². The Morgan fingerprint density at radius 1 is 0.273 bits per heavy atom. The lowest BCUT2D eigenvalue weighted by molar-refractivity contribution is 0.871. The summed E-state index contributed by atoms with van der Waals surface area (Å²) >= 11 is 0. The second kappa shape index (κ2) is 20.7. The van der Waals surface area contributed by atoms with E-state index in [0.717, 1.165) is 106 Å². The zero-order valence-electron chi connectivity index (χ0n) is 48.8. The molecule has 77 heavy (non-hydrogen) atoms. The van der Waals surface area contributed by atoms with Gasteiger partial charge in [0, 0.05) is 17.8 Å². The minimum Gasteiger partial charge on any atom is -0.145 e. The molecule has 0 amide bonds. The van der Waals surface area contributed by atoms with Gasteiger partial charge in [0.05, 0.1) is 0 Å². The number of benzene rings is 7. The number of hydrogen-bond acceptors (Lipinski definition) is 8. The van der Waals surface area contributed by atoms with Crippen molar-refractivity contribution in [3.8, 4) is 0 Å². The van der Waals surface area contributed by atoms with Gasteiger partial charge < -0.3 is 0 Å². The Hall–Kier alpha value is -7.06. The highest BCUT2D eigenvalue weighted by molar-refractivity contribution is 5.69. The Bertz CT molecular complexity index is 3450. The van der Waals surface area contributed by atoms with Gasteiger partial charge in [-0.15, -0.1) is 19.6 Å². The van der Waals surface area contributed by atoms with Crippen molar-refractivity contribution in [1.29, 1.82) is 0 Å². The highest BCUT2D eigenvalue weighted by Crippen LogP contribution is 2.52. The van der Waals surface area contributed by atoms with E-state index in [4.69, 9.17) is 0 Å². The summed E-state index contributed by atoms with van der Waals surface area (Å²) in [7, 11) is 0. The van der Waals surface area contributed by atoms with Gasteiger partial charge in [-0.1, -0.05) is 54.6 Å². The predicted octanol–water partition coefficient (Wildman–Crippen LogP) is 20.1. The molecule has 0 saturated heterocycles. The van der Waals surface area contributed by atoms with Crippen LogP contribution in [0.2, 0.25) is 0 Å². The van der Waals surface area contributed by atoms with Crippen LogP contribution in [-0.2, 0) is 0 Å². The Morgan fingerprint density at radius 2 is 0.468 bits per heavy atom. The van der Waals surface area contributed by atoms with Gasteiger partial charge in [-0.2, -0.15) is 0 Å². The molecule has 0 heterocycles. The van der Waals surface area contributed by atoms with Gasteiger partial charge in [-0.25, -0.2) is 0 Å². The van der Waals surface area contributed by atoms with Crippen LogP contribution in [0.5, 0.6) is 0 Å². The van der Waals surface area contributed by atoms with E-state index in [1.165, 1.54) is 81.3 Å². The fraction of sp³-hybridized carbons (Fsp3) is 0.391. The van der Waals surface area contributed by atoms with Gasteiger partial charge in [-0.05, 0) is 344 Å². The van der Waals surface area contributed by atoms with Crippen LogP contribution in [0.15, 0.2) is 75.3 Å². The summed E-state index contributed by atoms with van der Waals surface area (Å²) in [5, 5.41) is 14.3. The summed E-state index contributed by atoms with van der Waals surface area (Å²) < 4.78 is 0. The first-order valence-corrected chi connectivity index (χ1v) is 27.6. The third kappa shape index (κ3) is 9.23. The Morgan fingerprint density at radius 3 is 0.662 bits per heavy atom. The van der Waals surface area contributed by atoms with E-state index in [0.29, 0.717) is 34.6 Å². The highest BCUT2D eigenvalue weighted by Gasteiger charge is 2.36. The molecule has 2 saturated carbocycles. The molecular formula is C69H76N4O4.